The van der Waals surface area contributed by atoms with Gasteiger partial charge in [0, 0.05) is 0 Å². The normalized spacial score (nSPS) is 45.2. The summed E-state index contributed by atoms with van der Waals surface area (Å²) in [5.74, 6) is 0. The molecule has 0 spiro atoms. The highest BCUT2D eigenvalue weighted by atomic mass is 16.7. The Morgan fingerprint density at radius 2 is 1.45 bits per heavy atom. The lowest BCUT2D eigenvalue weighted by molar-refractivity contribution is -0.352. The fraction of sp³-hybridized carbons (Fsp3) is 0.917. The topological polar surface area (TPSA) is 312 Å². The van der Waals surface area contributed by atoms with E-state index in [0.717, 1.165) is 0 Å². The van der Waals surface area contributed by atoms with Crippen LogP contribution in [0.3, 0.4) is 0 Å². The molecule has 0 radical (unpaired) electrons. The third-order valence-electron chi connectivity index (χ3n) is 7.75. The molecule has 1 aliphatic carbocycles. The predicted octanol–water partition coefficient (Wildman–Crippen LogP) is -8.29. The van der Waals surface area contributed by atoms with E-state index in [1.54, 1.807) is 0 Å². The first-order chi connectivity index (χ1) is 19.8. The van der Waals surface area contributed by atoms with Crippen molar-refractivity contribution in [3.05, 3.63) is 11.6 Å². The van der Waals surface area contributed by atoms with E-state index in [1.807, 2.05) is 0 Å². The number of hydrogen-bond donors (Lipinski definition) is 14. The molecule has 0 bridgehead atoms. The second-order valence-corrected chi connectivity index (χ2v) is 10.7. The molecular formula is C24H43NO17. The molecular weight excluding hydrogens is 574 g/mol. The first kappa shape index (κ1) is 35.5. The van der Waals surface area contributed by atoms with Crippen LogP contribution in [0.4, 0.5) is 0 Å². The first-order valence-electron chi connectivity index (χ1n) is 13.4. The van der Waals surface area contributed by atoms with Crippen molar-refractivity contribution < 1.29 is 85.3 Å². The molecule has 3 aliphatic rings. The molecule has 0 saturated carbocycles. The van der Waals surface area contributed by atoms with Crippen LogP contribution >= 0.6 is 0 Å². The maximum atomic E-state index is 10.8. The second kappa shape index (κ2) is 15.3. The maximum Gasteiger partial charge on any atom is 0.187 e. The average molecular weight is 618 g/mol. The van der Waals surface area contributed by atoms with Gasteiger partial charge in [0.1, 0.15) is 73.2 Å². The van der Waals surface area contributed by atoms with E-state index in [4.69, 9.17) is 24.1 Å². The van der Waals surface area contributed by atoms with Gasteiger partial charge < -0.3 is 90.6 Å². The van der Waals surface area contributed by atoms with Crippen LogP contribution in [0.25, 0.3) is 0 Å². The minimum absolute atomic E-state index is 0.0292. The van der Waals surface area contributed by atoms with E-state index < -0.39 is 130 Å². The van der Waals surface area contributed by atoms with Gasteiger partial charge in [-0.3, -0.25) is 0 Å². The van der Waals surface area contributed by atoms with Gasteiger partial charge in [-0.2, -0.15) is 0 Å². The number of ether oxygens (including phenoxy) is 4. The molecule has 2 saturated heterocycles. The number of hydrogen-bond acceptors (Lipinski definition) is 18. The van der Waals surface area contributed by atoms with Gasteiger partial charge in [0.05, 0.1) is 44.6 Å². The van der Waals surface area contributed by atoms with Crippen LogP contribution in [0, 0.1) is 0 Å². The van der Waals surface area contributed by atoms with Crippen LogP contribution in [0.2, 0.25) is 0 Å². The zero-order chi connectivity index (χ0) is 31.5. The van der Waals surface area contributed by atoms with Crippen molar-refractivity contribution in [1.82, 2.24) is 5.32 Å². The number of rotatable bonds is 12. The molecule has 18 heteroatoms. The summed E-state index contributed by atoms with van der Waals surface area (Å²) in [5.41, 5.74) is 0.0292. The molecule has 3 rings (SSSR count). The lowest BCUT2D eigenvalue weighted by Gasteiger charge is -2.47. The number of aliphatic hydroxyl groups is 13. The Morgan fingerprint density at radius 1 is 0.810 bits per heavy atom. The Kier molecular flexibility index (Phi) is 13.0. The Balaban J connectivity index is 1.64. The van der Waals surface area contributed by atoms with Gasteiger partial charge >= 0.3 is 0 Å². The highest BCUT2D eigenvalue weighted by molar-refractivity contribution is 5.22. The van der Waals surface area contributed by atoms with Crippen LogP contribution in [0.1, 0.15) is 6.92 Å². The third-order valence-corrected chi connectivity index (χ3v) is 7.75. The average Bonchev–Trinajstić information content (AvgIpc) is 2.98. The summed E-state index contributed by atoms with van der Waals surface area (Å²) < 4.78 is 21.9. The van der Waals surface area contributed by atoms with Gasteiger partial charge in [-0.25, -0.2) is 0 Å². The third kappa shape index (κ3) is 7.62. The standard InChI is InChI=1S/C24H43NO17/c1-7-13(25-9-2-8(3-26)14(31)18(35)15(9)32)17(34)20(37)24(40-7)42-22-12(5-28)41-23(21(38)19(22)36)39-6-11(30)16(33)10(29)4-27/h2,7,9-38H,3-6H2,1H3. The summed E-state index contributed by atoms with van der Waals surface area (Å²) in [5, 5.41) is 133. The Labute approximate surface area is 240 Å². The quantitative estimate of drug-likeness (QED) is 0.0904. The fourth-order valence-corrected chi connectivity index (χ4v) is 5.11. The van der Waals surface area contributed by atoms with Crippen molar-refractivity contribution in [3.63, 3.8) is 0 Å². The van der Waals surface area contributed by atoms with E-state index >= 15 is 0 Å². The molecule has 2 heterocycles. The number of aliphatic hydroxyl groups excluding tert-OH is 13. The lowest BCUT2D eigenvalue weighted by Crippen LogP contribution is -2.68. The van der Waals surface area contributed by atoms with Crippen molar-refractivity contribution in [2.24, 2.45) is 0 Å². The summed E-state index contributed by atoms with van der Waals surface area (Å²) in [6, 6.07) is -2.14. The van der Waals surface area contributed by atoms with Gasteiger partial charge in [0.2, 0.25) is 0 Å². The minimum Gasteiger partial charge on any atom is -0.394 e. The molecule has 18 nitrogen and oxygen atoms in total. The summed E-state index contributed by atoms with van der Waals surface area (Å²) in [6.45, 7) is -1.47. The molecule has 0 aromatic heterocycles. The van der Waals surface area contributed by atoms with Crippen molar-refractivity contribution in [3.8, 4) is 0 Å². The van der Waals surface area contributed by atoms with Gasteiger partial charge in [-0.15, -0.1) is 0 Å². The molecule has 14 N–H and O–H groups in total. The van der Waals surface area contributed by atoms with Crippen LogP contribution in [-0.2, 0) is 18.9 Å². The smallest absolute Gasteiger partial charge is 0.187 e. The minimum atomic E-state index is -1.84. The molecule has 2 aliphatic heterocycles. The SMILES string of the molecule is CC1OC(OC2C(CO)OC(OCC(O)C(O)C(O)CO)C(O)C2O)C(O)C(O)C1NC1C=C(CO)C(O)C(O)C1O. The Morgan fingerprint density at radius 3 is 2.05 bits per heavy atom. The monoisotopic (exact) mass is 617 g/mol. The van der Waals surface area contributed by atoms with Crippen LogP contribution in [0.5, 0.6) is 0 Å². The molecule has 246 valence electrons. The summed E-state index contributed by atoms with van der Waals surface area (Å²) in [7, 11) is 0. The summed E-state index contributed by atoms with van der Waals surface area (Å²) >= 11 is 0. The Hall–Kier alpha value is -0.980. The van der Waals surface area contributed by atoms with E-state index in [9.17, 15) is 61.3 Å². The molecule has 2 fully saturated rings. The van der Waals surface area contributed by atoms with Gasteiger partial charge in [0.25, 0.3) is 0 Å². The van der Waals surface area contributed by atoms with Crippen molar-refractivity contribution in [1.29, 1.82) is 0 Å². The largest absolute Gasteiger partial charge is 0.394 e. The predicted molar refractivity (Wildman–Crippen MR) is 134 cm³/mol. The zero-order valence-electron chi connectivity index (χ0n) is 22.7. The molecule has 0 aromatic carbocycles. The lowest BCUT2D eigenvalue weighted by atomic mass is 9.86. The van der Waals surface area contributed by atoms with Crippen molar-refractivity contribution in [2.45, 2.75) is 111 Å². The highest BCUT2D eigenvalue weighted by Gasteiger charge is 2.51. The van der Waals surface area contributed by atoms with E-state index in [1.165, 1.54) is 13.0 Å². The molecule has 17 unspecified atom stereocenters. The van der Waals surface area contributed by atoms with E-state index in [2.05, 4.69) is 5.32 Å². The van der Waals surface area contributed by atoms with Crippen LogP contribution < -0.4 is 5.32 Å². The second-order valence-electron chi connectivity index (χ2n) is 10.7. The van der Waals surface area contributed by atoms with Crippen molar-refractivity contribution in [2.75, 3.05) is 26.4 Å². The summed E-state index contributed by atoms with van der Waals surface area (Å²) in [4.78, 5) is 0. The molecule has 0 aromatic rings. The maximum absolute atomic E-state index is 10.8. The summed E-state index contributed by atoms with van der Waals surface area (Å²) in [6.07, 6.45) is -22.8. The van der Waals surface area contributed by atoms with Crippen molar-refractivity contribution >= 4 is 0 Å². The molecule has 42 heavy (non-hydrogen) atoms. The number of nitrogens with one attached hydrogen (secondary N) is 1. The zero-order valence-corrected chi connectivity index (χ0v) is 22.7. The highest BCUT2D eigenvalue weighted by Crippen LogP contribution is 2.30. The molecule has 0 amide bonds. The van der Waals surface area contributed by atoms with Gasteiger partial charge in [-0.05, 0) is 12.5 Å². The Bertz CT molecular complexity index is 867. The van der Waals surface area contributed by atoms with Crippen LogP contribution in [-0.4, -0.2) is 197 Å². The van der Waals surface area contributed by atoms with Gasteiger partial charge in [-0.1, -0.05) is 6.08 Å². The first-order valence-corrected chi connectivity index (χ1v) is 13.4. The van der Waals surface area contributed by atoms with Crippen LogP contribution in [0.15, 0.2) is 11.6 Å². The van der Waals surface area contributed by atoms with Gasteiger partial charge in [0.15, 0.2) is 12.6 Å². The molecule has 17 atom stereocenters. The fourth-order valence-electron chi connectivity index (χ4n) is 5.11. The van der Waals surface area contributed by atoms with E-state index in [-0.39, 0.29) is 5.57 Å². The van der Waals surface area contributed by atoms with E-state index in [0.29, 0.717) is 0 Å².